The zero-order chi connectivity index (χ0) is 73.5. The van der Waals surface area contributed by atoms with Crippen molar-refractivity contribution in [3.05, 3.63) is 152 Å². The Bertz CT molecular complexity index is 4280. The molecule has 0 spiro atoms. The molecule has 101 heavy (non-hydrogen) atoms. The molecule has 0 fully saturated rings. The molecule has 11 heterocycles. The van der Waals surface area contributed by atoms with Crippen LogP contribution >= 0.6 is 70.4 Å². The van der Waals surface area contributed by atoms with Gasteiger partial charge in [-0.15, -0.1) is 12.4 Å². The number of hydrogen-bond acceptors (Lipinski definition) is 26. The van der Waals surface area contributed by atoms with E-state index >= 15 is 0 Å². The first-order chi connectivity index (χ1) is 46.6. The number of carboxylic acids is 1. The molecule has 0 amide bonds. The molecule has 6 N–H and O–H groups in total. The van der Waals surface area contributed by atoms with Gasteiger partial charge in [0.2, 0.25) is 5.78 Å². The summed E-state index contributed by atoms with van der Waals surface area (Å²) >= 11 is 28.1. The number of aryl methyl sites for hydroxylation is 2. The monoisotopic (exact) mass is 1520 g/mol. The van der Waals surface area contributed by atoms with E-state index in [-0.39, 0.29) is 143 Å². The molecule has 10 aromatic heterocycles. The van der Waals surface area contributed by atoms with Crippen LogP contribution in [0.4, 0.5) is 0 Å². The second-order valence-corrected chi connectivity index (χ2v) is 21.6. The first kappa shape index (κ1) is 92.4. The van der Waals surface area contributed by atoms with Gasteiger partial charge >= 0.3 is 66.9 Å². The van der Waals surface area contributed by atoms with E-state index in [1.807, 2.05) is 63.0 Å². The minimum Gasteiger partial charge on any atom is -1.00 e. The molecule has 1 aliphatic rings. The molecule has 0 aliphatic carbocycles. The van der Waals surface area contributed by atoms with Gasteiger partial charge in [0.15, 0.2) is 18.1 Å². The normalized spacial score (nSPS) is 10.2. The number of Topliss-reactive ketones (excluding diaryl/α,β-unsaturated/α-hetero) is 1. The molecular weight excluding hydrogens is 1460 g/mol. The number of pyridine rings is 5. The van der Waals surface area contributed by atoms with E-state index in [2.05, 4.69) is 63.5 Å². The number of hydrogen-bond donors (Lipinski definition) is 6. The molecule has 0 atom stereocenters. The first-order valence-electron chi connectivity index (χ1n) is 28.7. The summed E-state index contributed by atoms with van der Waals surface area (Å²) in [4.78, 5) is 95.6. The van der Waals surface area contributed by atoms with E-state index in [9.17, 15) is 29.4 Å². The Morgan fingerprint density at radius 1 is 0.624 bits per heavy atom. The van der Waals surface area contributed by atoms with E-state index in [0.717, 1.165) is 11.4 Å². The number of nitrogens with zero attached hydrogens (tertiary/aromatic N) is 11. The zero-order valence-electron chi connectivity index (χ0n) is 56.9. The Morgan fingerprint density at radius 3 is 1.45 bits per heavy atom. The number of carbonyl (C=O) groups excluding carboxylic acids is 7. The Labute approximate surface area is 634 Å². The number of halogens is 6. The van der Waals surface area contributed by atoms with Gasteiger partial charge in [-0.2, -0.15) is 34.5 Å². The fourth-order valence-corrected chi connectivity index (χ4v) is 9.59. The second kappa shape index (κ2) is 46.8. The number of aromatic hydroxyl groups is 2. The Morgan fingerprint density at radius 2 is 1.04 bits per heavy atom. The van der Waals surface area contributed by atoms with Gasteiger partial charge in [-0.05, 0) is 97.0 Å². The summed E-state index contributed by atoms with van der Waals surface area (Å²) in [5.74, 6) is -0.313. The standard InChI is InChI=1S/C15H17N3O2.C13H13N3O2.C9H8ClNO2.C7H5Cl2NO2.C6H11BN2O2.C6H3Cl2NO2.C4H8O3.2CO2.B.ClH.Na.H/c1-4-11-15(19)13-12(20-11)6-7-16-14(13)10-5-8-17-18(10)9(2)3;1-8(2)16-9(3-6-15-16)13-12-10(17)7-18-11(12)4-5-14-13;1-2-5-8(12)7-6(13-5)3-4-11-9(7)10;1-12-7(11)5-4(8)2-3-10-6(5)9;1-5(2)9-6(7(10)11)3-4-8-9;7-3-1-2-9-5(8)4(3)6(10)11;1-2-7-4(6)3-5;2*2-1-3;;;;/h5-9,19H,4H2,1-3H3;3-6,8H,7H2,1-2H3;3-4,12H,2H2,1H3;2-3H,1H3;3-5,10-11H,1-2H3;1-2H,(H,10,11);5H,2-3H2,1H3;;;;1H;;/q;;;;;;;;;;;+1;-1. The largest absolute Gasteiger partial charge is 1.00 e. The molecule has 11 rings (SSSR count). The summed E-state index contributed by atoms with van der Waals surface area (Å²) in [5.41, 5.74) is 5.26. The Balaban J connectivity index is 0. The van der Waals surface area contributed by atoms with Gasteiger partial charge in [-0.25, -0.2) is 29.3 Å². The third-order valence-electron chi connectivity index (χ3n) is 12.4. The zero-order valence-corrected chi connectivity index (χ0v) is 62.5. The maximum absolute atomic E-state index is 11.9. The van der Waals surface area contributed by atoms with Crippen molar-refractivity contribution in [1.82, 2.24) is 54.3 Å². The number of furan rings is 2. The summed E-state index contributed by atoms with van der Waals surface area (Å²) in [7, 11) is -0.179. The molecule has 10 aromatic rings. The number of methoxy groups -OCH3 is 1. The SMILES string of the molecule is CC(C)n1nccc1-c1nccc2c1C(=O)CO2.CC(C)n1nccc1B(O)O.CCOC(=O)CO.CCc1oc2ccnc(-c3ccnn3C(C)C)c2c1O.CCc1oc2ccnc(Cl)c2c1O.COC(=O)c1c(Cl)ccnc1Cl.Cl.O=C(O)c1c(Cl)ccnc1Cl.O=C=O.O=C=O.[B].[H-].[Na+]. The third kappa shape index (κ3) is 26.1. The van der Waals surface area contributed by atoms with Crippen LogP contribution in [0.15, 0.2) is 107 Å². The van der Waals surface area contributed by atoms with Gasteiger partial charge in [0.1, 0.15) is 73.0 Å². The van der Waals surface area contributed by atoms with Crippen LogP contribution in [0.3, 0.4) is 0 Å². The number of aliphatic hydroxyl groups is 1. The molecule has 0 saturated heterocycles. The fourth-order valence-electron chi connectivity index (χ4n) is 8.33. The van der Waals surface area contributed by atoms with Crippen LogP contribution in [0, 0.1) is 0 Å². The molecule has 0 saturated carbocycles. The maximum atomic E-state index is 11.9. The summed E-state index contributed by atoms with van der Waals surface area (Å²) in [5, 5.41) is 68.4. The maximum Gasteiger partial charge on any atom is 1.00 e. The quantitative estimate of drug-likeness (QED) is 0.0396. The minimum atomic E-state index is -1.43. The number of carbonyl (C=O) groups is 4. The van der Waals surface area contributed by atoms with E-state index in [1.165, 1.54) is 31.6 Å². The van der Waals surface area contributed by atoms with Crippen molar-refractivity contribution in [3.8, 4) is 40.0 Å². The molecule has 0 bridgehead atoms. The van der Waals surface area contributed by atoms with Crippen molar-refractivity contribution in [2.45, 2.75) is 93.3 Å². The van der Waals surface area contributed by atoms with Crippen LogP contribution in [0.5, 0.6) is 17.2 Å². The Kier molecular flexibility index (Phi) is 42.8. The molecule has 3 radical (unpaired) electrons. The molecule has 30 nitrogen and oxygen atoms in total. The number of aliphatic hydroxyl groups excluding tert-OH is 1. The van der Waals surface area contributed by atoms with Gasteiger partial charge in [-0.1, -0.05) is 71.9 Å². The second-order valence-electron chi connectivity index (χ2n) is 19.7. The van der Waals surface area contributed by atoms with Crippen LogP contribution in [-0.4, -0.2) is 163 Å². The van der Waals surface area contributed by atoms with Crippen molar-refractivity contribution < 1.29 is 123 Å². The number of ketones is 1. The number of fused-ring (bicyclic) bond motifs is 3. The van der Waals surface area contributed by atoms with Gasteiger partial charge in [0.05, 0.1) is 57.1 Å². The predicted octanol–water partition coefficient (Wildman–Crippen LogP) is 7.33. The topological polar surface area (TPSA) is 430 Å². The number of aromatic nitrogens is 11. The number of rotatable bonds is 12. The molecule has 39 heteroatoms. The van der Waals surface area contributed by atoms with Gasteiger partial charge in [-0.3, -0.25) is 28.8 Å². The number of esters is 2. The van der Waals surface area contributed by atoms with Gasteiger partial charge in [0.25, 0.3) is 0 Å². The average molecular weight is 1530 g/mol. The fraction of sp³-hybridized carbons (Fsp3) is 0.290. The van der Waals surface area contributed by atoms with E-state index in [1.54, 1.807) is 73.1 Å². The summed E-state index contributed by atoms with van der Waals surface area (Å²) in [6.45, 7) is 17.5. The van der Waals surface area contributed by atoms with Crippen molar-refractivity contribution in [1.29, 1.82) is 0 Å². The van der Waals surface area contributed by atoms with Crippen LogP contribution < -0.4 is 39.9 Å². The van der Waals surface area contributed by atoms with E-state index in [4.69, 9.17) is 111 Å². The van der Waals surface area contributed by atoms with Crippen LogP contribution in [0.25, 0.3) is 44.7 Å². The van der Waals surface area contributed by atoms with Crippen LogP contribution in [0.1, 0.15) is 124 Å². The van der Waals surface area contributed by atoms with Crippen molar-refractivity contribution >= 4 is 149 Å². The van der Waals surface area contributed by atoms with E-state index < -0.39 is 31.6 Å². The molecule has 0 aromatic carbocycles. The predicted molar refractivity (Wildman–Crippen MR) is 369 cm³/mol. The molecular formula is C62H67B2Cl6N11NaO19. The summed E-state index contributed by atoms with van der Waals surface area (Å²) < 4.78 is 30.4. The van der Waals surface area contributed by atoms with Crippen molar-refractivity contribution in [3.63, 3.8) is 0 Å². The minimum absolute atomic E-state index is 0. The van der Waals surface area contributed by atoms with Crippen LogP contribution in [0.2, 0.25) is 25.5 Å². The van der Waals surface area contributed by atoms with Gasteiger partial charge in [0, 0.05) is 89.0 Å². The van der Waals surface area contributed by atoms with Gasteiger partial charge < -0.3 is 54.9 Å². The summed E-state index contributed by atoms with van der Waals surface area (Å²) in [6.07, 6.45) is 14.4. The average Bonchev–Trinajstić information content (AvgIpc) is 1.63. The van der Waals surface area contributed by atoms with Crippen molar-refractivity contribution in [2.75, 3.05) is 26.9 Å². The number of aromatic carboxylic acids is 1. The first-order valence-corrected chi connectivity index (χ1v) is 30.6. The van der Waals surface area contributed by atoms with Crippen LogP contribution in [-0.2, 0) is 46.3 Å². The van der Waals surface area contributed by atoms with Crippen molar-refractivity contribution in [2.24, 2.45) is 0 Å². The number of ether oxygens (including phenoxy) is 3. The third-order valence-corrected chi connectivity index (χ3v) is 13.9. The number of carboxylic acid groups (broad SMARTS) is 1. The smallest absolute Gasteiger partial charge is 1.00 e. The molecule has 533 valence electrons. The molecule has 0 unspecified atom stereocenters. The molecule has 1 aliphatic heterocycles. The Hall–Kier alpha value is -8.55. The summed E-state index contributed by atoms with van der Waals surface area (Å²) in [6, 6.07) is 14.0. The van der Waals surface area contributed by atoms with E-state index in [0.29, 0.717) is 81.2 Å².